The lowest BCUT2D eigenvalue weighted by molar-refractivity contribution is -0.192. The quantitative estimate of drug-likeness (QED) is 0.233. The minimum Gasteiger partial charge on any atom is -0.475 e. The van der Waals surface area contributed by atoms with Gasteiger partial charge in [0.1, 0.15) is 5.82 Å². The van der Waals surface area contributed by atoms with E-state index in [0.717, 1.165) is 48.9 Å². The second-order valence-corrected chi connectivity index (χ2v) is 12.3. The fourth-order valence-electron chi connectivity index (χ4n) is 4.34. The summed E-state index contributed by atoms with van der Waals surface area (Å²) in [6, 6.07) is 14.5. The first-order chi connectivity index (χ1) is 19.2. The molecule has 4 rings (SSSR count). The van der Waals surface area contributed by atoms with Crippen LogP contribution in [-0.2, 0) is 14.8 Å². The third-order valence-corrected chi connectivity index (χ3v) is 8.16. The molecule has 1 saturated carbocycles. The van der Waals surface area contributed by atoms with Gasteiger partial charge in [-0.1, -0.05) is 23.7 Å². The largest absolute Gasteiger partial charge is 0.490 e. The van der Waals surface area contributed by atoms with E-state index in [0.29, 0.717) is 29.4 Å². The summed E-state index contributed by atoms with van der Waals surface area (Å²) in [5.41, 5.74) is 0.917. The van der Waals surface area contributed by atoms with E-state index < -0.39 is 22.2 Å². The number of aromatic nitrogens is 2. The van der Waals surface area contributed by atoms with Crippen molar-refractivity contribution in [1.82, 2.24) is 14.7 Å². The summed E-state index contributed by atoms with van der Waals surface area (Å²) < 4.78 is 59.5. The molecule has 1 fully saturated rings. The van der Waals surface area contributed by atoms with Gasteiger partial charge in [0.15, 0.2) is 0 Å². The maximum atomic E-state index is 12.5. The molecule has 3 aromatic rings. The topological polar surface area (TPSA) is 133 Å². The standard InChI is InChI=1S/C25H32ClN5O2S.C2HF3O2/c1-17(2)29-24-22-5-3-4-6-23(22)30-25(31-24)27-15-18-7-9-19(10-8-18)16-28-34(32,33)21-13-11-20(26)12-14-21;3-2(4,5)1(6)7/h3-6,11-14,17-19,28H,7-10,15-16H2,1-2H3,(H2,27,29,30,31);(H,6,7). The Morgan fingerprint density at radius 2 is 1.56 bits per heavy atom. The van der Waals surface area contributed by atoms with Crippen molar-refractivity contribution in [2.24, 2.45) is 11.8 Å². The van der Waals surface area contributed by atoms with Crippen LogP contribution in [-0.4, -0.2) is 54.8 Å². The third-order valence-electron chi connectivity index (χ3n) is 6.47. The van der Waals surface area contributed by atoms with Crippen molar-refractivity contribution < 1.29 is 31.5 Å². The van der Waals surface area contributed by atoms with Gasteiger partial charge >= 0.3 is 12.1 Å². The number of carboxylic acid groups (broad SMARTS) is 1. The second kappa shape index (κ2) is 14.1. The summed E-state index contributed by atoms with van der Waals surface area (Å²) in [6.07, 6.45) is -1.00. The van der Waals surface area contributed by atoms with Crippen LogP contribution in [0.15, 0.2) is 53.4 Å². The van der Waals surface area contributed by atoms with Crippen LogP contribution in [0.3, 0.4) is 0 Å². The summed E-state index contributed by atoms with van der Waals surface area (Å²) in [7, 11) is -3.51. The minimum atomic E-state index is -5.08. The molecule has 0 atom stereocenters. The minimum absolute atomic E-state index is 0.247. The summed E-state index contributed by atoms with van der Waals surface area (Å²) in [4.78, 5) is 18.5. The molecule has 41 heavy (non-hydrogen) atoms. The predicted octanol–water partition coefficient (Wildman–Crippen LogP) is 5.93. The molecule has 0 spiro atoms. The Morgan fingerprint density at radius 3 is 2.12 bits per heavy atom. The monoisotopic (exact) mass is 615 g/mol. The molecule has 0 radical (unpaired) electrons. The Bertz CT molecular complexity index is 1410. The first-order valence-electron chi connectivity index (χ1n) is 13.1. The maximum absolute atomic E-state index is 12.5. The number of aliphatic carboxylic acids is 1. The molecule has 2 aromatic carbocycles. The fraction of sp³-hybridized carbons (Fsp3) is 0.444. The molecule has 1 aliphatic rings. The van der Waals surface area contributed by atoms with Crippen LogP contribution < -0.4 is 15.4 Å². The van der Waals surface area contributed by atoms with E-state index in [1.807, 2.05) is 24.3 Å². The Kier molecular flexibility index (Phi) is 11.2. The Labute approximate surface area is 242 Å². The average molecular weight is 616 g/mol. The number of nitrogens with one attached hydrogen (secondary N) is 3. The van der Waals surface area contributed by atoms with Crippen molar-refractivity contribution in [2.75, 3.05) is 23.7 Å². The number of halogens is 4. The van der Waals surface area contributed by atoms with E-state index in [2.05, 4.69) is 34.2 Å². The zero-order valence-corrected chi connectivity index (χ0v) is 24.2. The highest BCUT2D eigenvalue weighted by atomic mass is 35.5. The van der Waals surface area contributed by atoms with Gasteiger partial charge < -0.3 is 15.7 Å². The number of anilines is 2. The molecule has 14 heteroatoms. The zero-order chi connectivity index (χ0) is 30.2. The predicted molar refractivity (Wildman–Crippen MR) is 153 cm³/mol. The highest BCUT2D eigenvalue weighted by Crippen LogP contribution is 2.29. The van der Waals surface area contributed by atoms with Crippen LogP contribution >= 0.6 is 11.6 Å². The van der Waals surface area contributed by atoms with Crippen LogP contribution in [0, 0.1) is 11.8 Å². The number of benzene rings is 2. The Morgan fingerprint density at radius 1 is 1.00 bits per heavy atom. The lowest BCUT2D eigenvalue weighted by Gasteiger charge is -2.28. The van der Waals surface area contributed by atoms with E-state index >= 15 is 0 Å². The van der Waals surface area contributed by atoms with Crippen LogP contribution in [0.2, 0.25) is 5.02 Å². The van der Waals surface area contributed by atoms with Crippen molar-refractivity contribution >= 4 is 50.3 Å². The SMILES string of the molecule is CC(C)Nc1nc(NCC2CCC(CNS(=O)(=O)c3ccc(Cl)cc3)CC2)nc2ccccc12.O=C(O)C(F)(F)F. The molecule has 0 saturated heterocycles. The highest BCUT2D eigenvalue weighted by molar-refractivity contribution is 7.89. The van der Waals surface area contributed by atoms with E-state index in [-0.39, 0.29) is 10.9 Å². The number of carboxylic acids is 1. The van der Waals surface area contributed by atoms with Gasteiger partial charge in [-0.3, -0.25) is 0 Å². The van der Waals surface area contributed by atoms with Gasteiger partial charge in [0.2, 0.25) is 16.0 Å². The van der Waals surface area contributed by atoms with Crippen LogP contribution in [0.5, 0.6) is 0 Å². The fourth-order valence-corrected chi connectivity index (χ4v) is 5.58. The molecular formula is C27H33ClF3N5O4S. The normalized spacial score (nSPS) is 17.5. The molecule has 0 amide bonds. The van der Waals surface area contributed by atoms with Gasteiger partial charge in [0, 0.05) is 29.5 Å². The van der Waals surface area contributed by atoms with E-state index in [1.165, 1.54) is 12.1 Å². The molecule has 0 unspecified atom stereocenters. The van der Waals surface area contributed by atoms with E-state index in [1.54, 1.807) is 12.1 Å². The number of carbonyl (C=O) groups is 1. The second-order valence-electron chi connectivity index (χ2n) is 10.1. The maximum Gasteiger partial charge on any atom is 0.490 e. The van der Waals surface area contributed by atoms with Crippen molar-refractivity contribution in [3.05, 3.63) is 53.6 Å². The molecule has 1 aliphatic carbocycles. The molecule has 9 nitrogen and oxygen atoms in total. The summed E-state index contributed by atoms with van der Waals surface area (Å²) in [6.45, 7) is 5.46. The van der Waals surface area contributed by atoms with Gasteiger partial charge in [-0.15, -0.1) is 0 Å². The highest BCUT2D eigenvalue weighted by Gasteiger charge is 2.38. The van der Waals surface area contributed by atoms with Gasteiger partial charge in [-0.25, -0.2) is 22.9 Å². The van der Waals surface area contributed by atoms with Crippen LogP contribution in [0.4, 0.5) is 24.9 Å². The average Bonchev–Trinajstić information content (AvgIpc) is 2.91. The Hall–Kier alpha value is -3.16. The van der Waals surface area contributed by atoms with Gasteiger partial charge in [-0.05, 0) is 87.8 Å². The number of hydrogen-bond donors (Lipinski definition) is 4. The molecule has 1 heterocycles. The number of rotatable bonds is 9. The number of fused-ring (bicyclic) bond motifs is 1. The summed E-state index contributed by atoms with van der Waals surface area (Å²) in [5.74, 6) is -0.412. The van der Waals surface area contributed by atoms with Crippen molar-refractivity contribution in [1.29, 1.82) is 0 Å². The first kappa shape index (κ1) is 32.4. The molecule has 1 aromatic heterocycles. The molecule has 224 valence electrons. The van der Waals surface area contributed by atoms with Crippen molar-refractivity contribution in [2.45, 2.75) is 56.6 Å². The number of nitrogens with zero attached hydrogens (tertiary/aromatic N) is 2. The van der Waals surface area contributed by atoms with Crippen molar-refractivity contribution in [3.63, 3.8) is 0 Å². The number of hydrogen-bond acceptors (Lipinski definition) is 7. The smallest absolute Gasteiger partial charge is 0.475 e. The lowest BCUT2D eigenvalue weighted by Crippen LogP contribution is -2.32. The lowest BCUT2D eigenvalue weighted by atomic mass is 9.82. The Balaban J connectivity index is 0.000000587. The van der Waals surface area contributed by atoms with E-state index in [4.69, 9.17) is 26.5 Å². The van der Waals surface area contributed by atoms with Crippen LogP contribution in [0.25, 0.3) is 10.9 Å². The zero-order valence-electron chi connectivity index (χ0n) is 22.6. The van der Waals surface area contributed by atoms with Crippen molar-refractivity contribution in [3.8, 4) is 0 Å². The third kappa shape index (κ3) is 10.0. The van der Waals surface area contributed by atoms with Gasteiger partial charge in [0.25, 0.3) is 0 Å². The van der Waals surface area contributed by atoms with Gasteiger partial charge in [0.05, 0.1) is 10.4 Å². The molecular weight excluding hydrogens is 583 g/mol. The summed E-state index contributed by atoms with van der Waals surface area (Å²) >= 11 is 5.86. The summed E-state index contributed by atoms with van der Waals surface area (Å²) in [5, 5.41) is 15.5. The molecule has 0 bridgehead atoms. The molecule has 4 N–H and O–H groups in total. The molecule has 0 aliphatic heterocycles. The van der Waals surface area contributed by atoms with Crippen LogP contribution in [0.1, 0.15) is 39.5 Å². The number of sulfonamides is 1. The first-order valence-corrected chi connectivity index (χ1v) is 14.9. The van der Waals surface area contributed by atoms with E-state index in [9.17, 15) is 21.6 Å². The van der Waals surface area contributed by atoms with Gasteiger partial charge in [-0.2, -0.15) is 18.2 Å². The number of alkyl halides is 3. The number of para-hydroxylation sites is 1.